The van der Waals surface area contributed by atoms with Crippen LogP contribution in [0.15, 0.2) is 48.5 Å². The molecule has 5 heteroatoms. The fourth-order valence-corrected chi connectivity index (χ4v) is 3.02. The molecule has 120 valence electrons. The number of carbonyl (C=O) groups excluding carboxylic acids is 1. The van der Waals surface area contributed by atoms with Gasteiger partial charge in [-0.2, -0.15) is 0 Å². The van der Waals surface area contributed by atoms with Gasteiger partial charge >= 0.3 is 5.97 Å². The monoisotopic (exact) mass is 314 g/mol. The highest BCUT2D eigenvalue weighted by Gasteiger charge is 2.41. The summed E-state index contributed by atoms with van der Waals surface area (Å²) in [6, 6.07) is 13.1. The second kappa shape index (κ2) is 6.30. The van der Waals surface area contributed by atoms with Gasteiger partial charge in [0.2, 0.25) is 0 Å². The predicted molar refractivity (Wildman–Crippen MR) is 82.8 cm³/mol. The van der Waals surface area contributed by atoms with Gasteiger partial charge in [0.05, 0.1) is 18.6 Å². The number of cyclic esters (lactones) is 1. The van der Waals surface area contributed by atoms with Crippen molar-refractivity contribution >= 4 is 5.97 Å². The van der Waals surface area contributed by atoms with Crippen LogP contribution in [0.2, 0.25) is 0 Å². The summed E-state index contributed by atoms with van der Waals surface area (Å²) in [5.74, 6) is -1.03. The molecule has 0 saturated carbocycles. The summed E-state index contributed by atoms with van der Waals surface area (Å²) in [5, 5.41) is 29.7. The van der Waals surface area contributed by atoms with Crippen molar-refractivity contribution in [2.75, 3.05) is 6.61 Å². The summed E-state index contributed by atoms with van der Waals surface area (Å²) in [6.45, 7) is 0.138. The molecule has 5 nitrogen and oxygen atoms in total. The molecule has 3 N–H and O–H groups in total. The van der Waals surface area contributed by atoms with Gasteiger partial charge in [0, 0.05) is 5.92 Å². The molecule has 0 amide bonds. The summed E-state index contributed by atoms with van der Waals surface area (Å²) >= 11 is 0. The molecule has 0 aliphatic carbocycles. The average molecular weight is 314 g/mol. The topological polar surface area (TPSA) is 87.0 Å². The van der Waals surface area contributed by atoms with E-state index in [1.54, 1.807) is 30.3 Å². The zero-order chi connectivity index (χ0) is 16.4. The Morgan fingerprint density at radius 2 is 1.78 bits per heavy atom. The smallest absolute Gasteiger partial charge is 0.309 e. The largest absolute Gasteiger partial charge is 0.508 e. The Balaban J connectivity index is 1.82. The number of esters is 1. The highest BCUT2D eigenvalue weighted by atomic mass is 16.5. The van der Waals surface area contributed by atoms with Crippen LogP contribution in [0.25, 0.3) is 0 Å². The van der Waals surface area contributed by atoms with Crippen LogP contribution in [-0.4, -0.2) is 27.9 Å². The molecule has 0 aromatic heterocycles. The highest BCUT2D eigenvalue weighted by Crippen LogP contribution is 2.36. The molecule has 1 heterocycles. The third kappa shape index (κ3) is 3.29. The lowest BCUT2D eigenvalue weighted by atomic mass is 9.83. The van der Waals surface area contributed by atoms with Gasteiger partial charge in [0.15, 0.2) is 0 Å². The molecule has 1 saturated heterocycles. The Bertz CT molecular complexity index is 712. The number of aliphatic hydroxyl groups is 1. The number of hydrogen-bond donors (Lipinski definition) is 3. The molecule has 1 aliphatic heterocycles. The molecule has 1 aliphatic rings. The van der Waals surface area contributed by atoms with Crippen LogP contribution >= 0.6 is 0 Å². The standard InChI is InChI=1S/C18H18O5/c19-13-5-1-3-11(7-13)8-15-16(10-23-18(15)22)17(21)12-4-2-6-14(20)9-12/h1-7,9,15-17,19-21H,8,10H2/t15-,16+,17+/m0/s1. The van der Waals surface area contributed by atoms with Crippen LogP contribution in [0.3, 0.4) is 0 Å². The Kier molecular flexibility index (Phi) is 4.21. The van der Waals surface area contributed by atoms with Gasteiger partial charge in [0.1, 0.15) is 11.5 Å². The molecule has 0 unspecified atom stereocenters. The Morgan fingerprint density at radius 1 is 1.09 bits per heavy atom. The Morgan fingerprint density at radius 3 is 2.48 bits per heavy atom. The third-order valence-corrected chi connectivity index (χ3v) is 4.22. The van der Waals surface area contributed by atoms with E-state index in [0.29, 0.717) is 12.0 Å². The van der Waals surface area contributed by atoms with Crippen LogP contribution in [0, 0.1) is 11.8 Å². The maximum atomic E-state index is 12.0. The second-order valence-electron chi connectivity index (χ2n) is 5.81. The zero-order valence-corrected chi connectivity index (χ0v) is 12.4. The van der Waals surface area contributed by atoms with Crippen molar-refractivity contribution in [2.45, 2.75) is 12.5 Å². The van der Waals surface area contributed by atoms with Crippen molar-refractivity contribution in [1.29, 1.82) is 0 Å². The summed E-state index contributed by atoms with van der Waals surface area (Å²) < 4.78 is 5.13. The van der Waals surface area contributed by atoms with Gasteiger partial charge in [0.25, 0.3) is 0 Å². The van der Waals surface area contributed by atoms with E-state index in [9.17, 15) is 20.1 Å². The molecule has 0 bridgehead atoms. The summed E-state index contributed by atoms with van der Waals surface area (Å²) in [6.07, 6.45) is -0.524. The first-order valence-corrected chi connectivity index (χ1v) is 7.46. The molecule has 3 rings (SSSR count). The van der Waals surface area contributed by atoms with Crippen LogP contribution < -0.4 is 0 Å². The van der Waals surface area contributed by atoms with E-state index in [1.807, 2.05) is 6.07 Å². The number of benzene rings is 2. The molecular weight excluding hydrogens is 296 g/mol. The van der Waals surface area contributed by atoms with Crippen molar-refractivity contribution in [1.82, 2.24) is 0 Å². The van der Waals surface area contributed by atoms with Gasteiger partial charge in [-0.1, -0.05) is 24.3 Å². The molecule has 2 aromatic carbocycles. The third-order valence-electron chi connectivity index (χ3n) is 4.22. The lowest BCUT2D eigenvalue weighted by molar-refractivity contribution is -0.141. The number of carbonyl (C=O) groups is 1. The Hall–Kier alpha value is -2.53. The fourth-order valence-electron chi connectivity index (χ4n) is 3.02. The van der Waals surface area contributed by atoms with Crippen LogP contribution in [-0.2, 0) is 16.0 Å². The lowest BCUT2D eigenvalue weighted by Gasteiger charge is -2.21. The van der Waals surface area contributed by atoms with Crippen LogP contribution in [0.1, 0.15) is 17.2 Å². The first kappa shape index (κ1) is 15.4. The predicted octanol–water partition coefficient (Wildman–Crippen LogP) is 2.16. The lowest BCUT2D eigenvalue weighted by Crippen LogP contribution is -2.24. The van der Waals surface area contributed by atoms with Gasteiger partial charge in [-0.3, -0.25) is 4.79 Å². The molecule has 1 fully saturated rings. The number of hydrogen-bond acceptors (Lipinski definition) is 5. The number of ether oxygens (including phenoxy) is 1. The molecule has 0 spiro atoms. The van der Waals surface area contributed by atoms with Crippen LogP contribution in [0.5, 0.6) is 11.5 Å². The first-order chi connectivity index (χ1) is 11.0. The van der Waals surface area contributed by atoms with Gasteiger partial charge < -0.3 is 20.1 Å². The van der Waals surface area contributed by atoms with E-state index in [2.05, 4.69) is 0 Å². The minimum atomic E-state index is -0.907. The normalized spacial score (nSPS) is 21.9. The summed E-state index contributed by atoms with van der Waals surface area (Å²) in [5.41, 5.74) is 1.36. The van der Waals surface area contributed by atoms with Crippen LogP contribution in [0.4, 0.5) is 0 Å². The molecule has 3 atom stereocenters. The van der Waals surface area contributed by atoms with Crippen molar-refractivity contribution < 1.29 is 24.9 Å². The SMILES string of the molecule is O=C1OC[C@@H]([C@H](O)c2cccc(O)c2)[C@@H]1Cc1cccc(O)c1. The fraction of sp³-hybridized carbons (Fsp3) is 0.278. The van der Waals surface area contributed by atoms with E-state index in [1.165, 1.54) is 12.1 Å². The van der Waals surface area contributed by atoms with E-state index in [0.717, 1.165) is 5.56 Å². The summed E-state index contributed by atoms with van der Waals surface area (Å²) in [7, 11) is 0. The quantitative estimate of drug-likeness (QED) is 0.753. The molecule has 2 aromatic rings. The number of aliphatic hydroxyl groups excluding tert-OH is 1. The van der Waals surface area contributed by atoms with Crippen molar-refractivity contribution in [2.24, 2.45) is 11.8 Å². The van der Waals surface area contributed by atoms with E-state index in [4.69, 9.17) is 4.74 Å². The zero-order valence-electron chi connectivity index (χ0n) is 12.4. The van der Waals surface area contributed by atoms with Crippen molar-refractivity contribution in [3.8, 4) is 11.5 Å². The highest BCUT2D eigenvalue weighted by molar-refractivity contribution is 5.75. The van der Waals surface area contributed by atoms with Crippen molar-refractivity contribution in [3.05, 3.63) is 59.7 Å². The second-order valence-corrected chi connectivity index (χ2v) is 5.81. The summed E-state index contributed by atoms with van der Waals surface area (Å²) in [4.78, 5) is 12.0. The Labute approximate surface area is 133 Å². The van der Waals surface area contributed by atoms with Gasteiger partial charge in [-0.15, -0.1) is 0 Å². The van der Waals surface area contributed by atoms with Crippen molar-refractivity contribution in [3.63, 3.8) is 0 Å². The maximum Gasteiger partial charge on any atom is 0.309 e. The number of phenolic OH excluding ortho intramolecular Hbond substituents is 2. The minimum absolute atomic E-state index is 0.0660. The maximum absolute atomic E-state index is 12.0. The van der Waals surface area contributed by atoms with Gasteiger partial charge in [-0.05, 0) is 41.8 Å². The molecule has 0 radical (unpaired) electrons. The molecular formula is C18H18O5. The van der Waals surface area contributed by atoms with E-state index in [-0.39, 0.29) is 24.1 Å². The van der Waals surface area contributed by atoms with E-state index >= 15 is 0 Å². The van der Waals surface area contributed by atoms with Gasteiger partial charge in [-0.25, -0.2) is 0 Å². The average Bonchev–Trinajstić information content (AvgIpc) is 2.88. The minimum Gasteiger partial charge on any atom is -0.508 e. The molecule has 23 heavy (non-hydrogen) atoms. The number of phenols is 2. The number of aromatic hydroxyl groups is 2. The first-order valence-electron chi connectivity index (χ1n) is 7.46. The number of rotatable bonds is 4. The van der Waals surface area contributed by atoms with E-state index < -0.39 is 17.9 Å².